The maximum Gasteiger partial charge on any atom is 0.128 e. The third kappa shape index (κ3) is 3.80. The van der Waals surface area contributed by atoms with E-state index in [0.29, 0.717) is 12.1 Å². The zero-order valence-corrected chi connectivity index (χ0v) is 13.7. The summed E-state index contributed by atoms with van der Waals surface area (Å²) in [5, 5.41) is 3.29. The summed E-state index contributed by atoms with van der Waals surface area (Å²) < 4.78 is 15.6. The number of nitrogens with one attached hydrogen (secondary N) is 1. The molecule has 4 heteroatoms. The standard InChI is InChI=1S/C15H14Br2FN/c1-2-10-7-13(17)4-6-15(10)19-9-11-8-12(16)3-5-14(11)18/h3-8,19H,2,9H2,1H3. The van der Waals surface area contributed by atoms with Crippen molar-refractivity contribution in [1.29, 1.82) is 0 Å². The molecule has 2 rings (SSSR count). The molecule has 0 spiro atoms. The Morgan fingerprint density at radius 3 is 2.32 bits per heavy atom. The predicted molar refractivity (Wildman–Crippen MR) is 84.9 cm³/mol. The third-order valence-corrected chi connectivity index (χ3v) is 3.91. The average molecular weight is 387 g/mol. The van der Waals surface area contributed by atoms with Crippen molar-refractivity contribution < 1.29 is 4.39 Å². The fourth-order valence-corrected chi connectivity index (χ4v) is 2.71. The highest BCUT2D eigenvalue weighted by atomic mass is 79.9. The van der Waals surface area contributed by atoms with Crippen LogP contribution in [-0.2, 0) is 13.0 Å². The number of halogens is 3. The molecule has 2 aromatic carbocycles. The summed E-state index contributed by atoms with van der Waals surface area (Å²) in [6, 6.07) is 11.1. The van der Waals surface area contributed by atoms with E-state index in [1.807, 2.05) is 12.1 Å². The van der Waals surface area contributed by atoms with Crippen LogP contribution in [-0.4, -0.2) is 0 Å². The van der Waals surface area contributed by atoms with Gasteiger partial charge in [-0.1, -0.05) is 38.8 Å². The number of rotatable bonds is 4. The first kappa shape index (κ1) is 14.5. The van der Waals surface area contributed by atoms with Gasteiger partial charge in [0, 0.05) is 26.7 Å². The van der Waals surface area contributed by atoms with Gasteiger partial charge in [-0.3, -0.25) is 0 Å². The first-order valence-electron chi connectivity index (χ1n) is 6.06. The molecule has 0 radical (unpaired) electrons. The number of benzene rings is 2. The molecule has 0 saturated carbocycles. The van der Waals surface area contributed by atoms with Crippen molar-refractivity contribution in [2.24, 2.45) is 0 Å². The summed E-state index contributed by atoms with van der Waals surface area (Å²) in [4.78, 5) is 0. The highest BCUT2D eigenvalue weighted by molar-refractivity contribution is 9.10. The Hall–Kier alpha value is -0.870. The van der Waals surface area contributed by atoms with Gasteiger partial charge in [0.25, 0.3) is 0 Å². The molecule has 0 aliphatic heterocycles. The van der Waals surface area contributed by atoms with Crippen molar-refractivity contribution in [2.75, 3.05) is 5.32 Å². The van der Waals surface area contributed by atoms with Crippen molar-refractivity contribution in [3.8, 4) is 0 Å². The average Bonchev–Trinajstić information content (AvgIpc) is 2.40. The minimum absolute atomic E-state index is 0.189. The van der Waals surface area contributed by atoms with Crippen LogP contribution in [0.25, 0.3) is 0 Å². The van der Waals surface area contributed by atoms with Crippen LogP contribution >= 0.6 is 31.9 Å². The molecule has 0 aliphatic carbocycles. The molecular weight excluding hydrogens is 373 g/mol. The van der Waals surface area contributed by atoms with Crippen molar-refractivity contribution in [3.63, 3.8) is 0 Å². The molecular formula is C15H14Br2FN. The van der Waals surface area contributed by atoms with Gasteiger partial charge in [-0.05, 0) is 48.4 Å². The lowest BCUT2D eigenvalue weighted by atomic mass is 10.1. The Balaban J connectivity index is 2.16. The van der Waals surface area contributed by atoms with E-state index < -0.39 is 0 Å². The Morgan fingerprint density at radius 2 is 1.63 bits per heavy atom. The van der Waals surface area contributed by atoms with Crippen molar-refractivity contribution >= 4 is 37.5 Å². The Bertz CT molecular complexity index is 584. The summed E-state index contributed by atoms with van der Waals surface area (Å²) in [5.74, 6) is -0.189. The quantitative estimate of drug-likeness (QED) is 0.728. The van der Waals surface area contributed by atoms with Crippen molar-refractivity contribution in [3.05, 3.63) is 62.3 Å². The highest BCUT2D eigenvalue weighted by Crippen LogP contribution is 2.23. The van der Waals surface area contributed by atoms with E-state index in [9.17, 15) is 4.39 Å². The van der Waals surface area contributed by atoms with Crippen LogP contribution in [0.4, 0.5) is 10.1 Å². The van der Waals surface area contributed by atoms with Gasteiger partial charge in [0.2, 0.25) is 0 Å². The fourth-order valence-electron chi connectivity index (χ4n) is 1.90. The number of hydrogen-bond donors (Lipinski definition) is 1. The lowest BCUT2D eigenvalue weighted by Gasteiger charge is -2.12. The molecule has 0 bridgehead atoms. The first-order valence-corrected chi connectivity index (χ1v) is 7.65. The molecule has 19 heavy (non-hydrogen) atoms. The topological polar surface area (TPSA) is 12.0 Å². The van der Waals surface area contributed by atoms with Crippen LogP contribution < -0.4 is 5.32 Å². The molecule has 0 aliphatic rings. The van der Waals surface area contributed by atoms with E-state index in [0.717, 1.165) is 21.1 Å². The van der Waals surface area contributed by atoms with E-state index >= 15 is 0 Å². The summed E-state index contributed by atoms with van der Waals surface area (Å²) >= 11 is 6.82. The zero-order valence-electron chi connectivity index (χ0n) is 10.5. The van der Waals surface area contributed by atoms with Crippen LogP contribution in [0.1, 0.15) is 18.1 Å². The van der Waals surface area contributed by atoms with Crippen LogP contribution in [0, 0.1) is 5.82 Å². The monoisotopic (exact) mass is 385 g/mol. The van der Waals surface area contributed by atoms with Gasteiger partial charge < -0.3 is 5.32 Å². The summed E-state index contributed by atoms with van der Waals surface area (Å²) in [6.07, 6.45) is 0.933. The molecule has 1 nitrogen and oxygen atoms in total. The molecule has 1 N–H and O–H groups in total. The molecule has 100 valence electrons. The number of anilines is 1. The van der Waals surface area contributed by atoms with Gasteiger partial charge >= 0.3 is 0 Å². The fraction of sp³-hybridized carbons (Fsp3) is 0.200. The van der Waals surface area contributed by atoms with Crippen molar-refractivity contribution in [2.45, 2.75) is 19.9 Å². The van der Waals surface area contributed by atoms with Crippen LogP contribution in [0.5, 0.6) is 0 Å². The molecule has 2 aromatic rings. The maximum atomic E-state index is 13.7. The minimum Gasteiger partial charge on any atom is -0.381 e. The normalized spacial score (nSPS) is 10.5. The summed E-state index contributed by atoms with van der Waals surface area (Å²) in [7, 11) is 0. The molecule has 0 atom stereocenters. The predicted octanol–water partition coefficient (Wildman–Crippen LogP) is 5.53. The van der Waals surface area contributed by atoms with E-state index in [1.54, 1.807) is 12.1 Å². The summed E-state index contributed by atoms with van der Waals surface area (Å²) in [5.41, 5.74) is 2.91. The second-order valence-corrected chi connectivity index (χ2v) is 6.08. The Labute approximate surface area is 129 Å². The van der Waals surface area contributed by atoms with Gasteiger partial charge in [-0.25, -0.2) is 4.39 Å². The molecule has 0 unspecified atom stereocenters. The van der Waals surface area contributed by atoms with E-state index in [-0.39, 0.29) is 5.82 Å². The van der Waals surface area contributed by atoms with E-state index in [4.69, 9.17) is 0 Å². The van der Waals surface area contributed by atoms with Gasteiger partial charge in [0.1, 0.15) is 5.82 Å². The SMILES string of the molecule is CCc1cc(Br)ccc1NCc1cc(Br)ccc1F. The Kier molecular flexibility index (Phi) is 4.99. The first-order chi connectivity index (χ1) is 9.10. The van der Waals surface area contributed by atoms with Gasteiger partial charge in [0.05, 0.1) is 0 Å². The second-order valence-electron chi connectivity index (χ2n) is 4.24. The second kappa shape index (κ2) is 6.53. The van der Waals surface area contributed by atoms with Crippen LogP contribution in [0.15, 0.2) is 45.3 Å². The molecule has 0 aromatic heterocycles. The maximum absolute atomic E-state index is 13.7. The van der Waals surface area contributed by atoms with E-state index in [1.165, 1.54) is 11.6 Å². The number of hydrogen-bond acceptors (Lipinski definition) is 1. The zero-order chi connectivity index (χ0) is 13.8. The molecule has 0 amide bonds. The van der Waals surface area contributed by atoms with Crippen LogP contribution in [0.3, 0.4) is 0 Å². The van der Waals surface area contributed by atoms with Gasteiger partial charge in [-0.2, -0.15) is 0 Å². The highest BCUT2D eigenvalue weighted by Gasteiger charge is 2.05. The summed E-state index contributed by atoms with van der Waals surface area (Å²) in [6.45, 7) is 2.58. The largest absolute Gasteiger partial charge is 0.381 e. The van der Waals surface area contributed by atoms with Crippen LogP contribution in [0.2, 0.25) is 0 Å². The minimum atomic E-state index is -0.189. The van der Waals surface area contributed by atoms with Gasteiger partial charge in [-0.15, -0.1) is 0 Å². The molecule has 0 heterocycles. The number of aryl methyl sites for hydroxylation is 1. The van der Waals surface area contributed by atoms with E-state index in [2.05, 4.69) is 50.2 Å². The molecule has 0 saturated heterocycles. The van der Waals surface area contributed by atoms with Crippen molar-refractivity contribution in [1.82, 2.24) is 0 Å². The Morgan fingerprint density at radius 1 is 1.00 bits per heavy atom. The lowest BCUT2D eigenvalue weighted by Crippen LogP contribution is -2.04. The van der Waals surface area contributed by atoms with Gasteiger partial charge in [0.15, 0.2) is 0 Å². The third-order valence-electron chi connectivity index (χ3n) is 2.93. The smallest absolute Gasteiger partial charge is 0.128 e. The lowest BCUT2D eigenvalue weighted by molar-refractivity contribution is 0.612. The molecule has 0 fully saturated rings.